The molecule has 4 nitrogen and oxygen atoms in total. The average Bonchev–Trinajstić information content (AvgIpc) is 2.89. The lowest BCUT2D eigenvalue weighted by Crippen LogP contribution is -2.08. The van der Waals surface area contributed by atoms with Crippen LogP contribution in [0.25, 0.3) is 10.9 Å². The lowest BCUT2D eigenvalue weighted by atomic mass is 10.1. The number of thioether (sulfide) groups is 1. The van der Waals surface area contributed by atoms with Gasteiger partial charge in [0.2, 0.25) is 0 Å². The summed E-state index contributed by atoms with van der Waals surface area (Å²) in [7, 11) is 1.96. The SMILES string of the molecule is CCOC(=O)c1c(CSc2cccc(O)c2Br)n(C)c2ccccc12. The van der Waals surface area contributed by atoms with Crippen LogP contribution < -0.4 is 0 Å². The quantitative estimate of drug-likeness (QED) is 0.460. The molecule has 0 saturated heterocycles. The van der Waals surface area contributed by atoms with Crippen LogP contribution in [0.4, 0.5) is 0 Å². The predicted molar refractivity (Wildman–Crippen MR) is 104 cm³/mol. The first-order chi connectivity index (χ1) is 12.0. The molecule has 130 valence electrons. The van der Waals surface area contributed by atoms with Gasteiger partial charge in [0, 0.05) is 34.3 Å². The Kier molecular flexibility index (Phi) is 5.39. The Bertz CT molecular complexity index is 936. The Morgan fingerprint density at radius 3 is 2.76 bits per heavy atom. The predicted octanol–water partition coefficient (Wildman–Crippen LogP) is 5.12. The molecule has 25 heavy (non-hydrogen) atoms. The molecular formula is C19H18BrNO3S. The number of fused-ring (bicyclic) bond motifs is 1. The fraction of sp³-hybridized carbons (Fsp3) is 0.211. The number of nitrogens with zero attached hydrogens (tertiary/aromatic N) is 1. The van der Waals surface area contributed by atoms with Crippen molar-refractivity contribution in [2.75, 3.05) is 6.61 Å². The Morgan fingerprint density at radius 2 is 2.00 bits per heavy atom. The average molecular weight is 420 g/mol. The first-order valence-electron chi connectivity index (χ1n) is 7.88. The third-order valence-electron chi connectivity index (χ3n) is 4.02. The number of ether oxygens (including phenoxy) is 1. The zero-order valence-corrected chi connectivity index (χ0v) is 16.4. The Hall–Kier alpha value is -1.92. The molecule has 2 aromatic carbocycles. The molecule has 0 aliphatic carbocycles. The van der Waals surface area contributed by atoms with Crippen LogP contribution >= 0.6 is 27.7 Å². The van der Waals surface area contributed by atoms with E-state index in [1.165, 1.54) is 0 Å². The smallest absolute Gasteiger partial charge is 0.340 e. The highest BCUT2D eigenvalue weighted by Gasteiger charge is 2.22. The summed E-state index contributed by atoms with van der Waals surface area (Å²) in [6.07, 6.45) is 0. The summed E-state index contributed by atoms with van der Waals surface area (Å²) in [4.78, 5) is 13.4. The highest BCUT2D eigenvalue weighted by Crippen LogP contribution is 2.37. The highest BCUT2D eigenvalue weighted by molar-refractivity contribution is 9.10. The molecule has 6 heteroatoms. The molecule has 0 aliphatic rings. The summed E-state index contributed by atoms with van der Waals surface area (Å²) < 4.78 is 7.97. The van der Waals surface area contributed by atoms with Crippen molar-refractivity contribution >= 4 is 44.6 Å². The molecule has 0 spiro atoms. The van der Waals surface area contributed by atoms with E-state index in [1.807, 2.05) is 41.9 Å². The van der Waals surface area contributed by atoms with E-state index in [-0.39, 0.29) is 11.7 Å². The van der Waals surface area contributed by atoms with Gasteiger partial charge in [0.25, 0.3) is 0 Å². The molecular weight excluding hydrogens is 402 g/mol. The van der Waals surface area contributed by atoms with Crippen molar-refractivity contribution in [3.8, 4) is 5.75 Å². The first-order valence-corrected chi connectivity index (χ1v) is 9.66. The maximum Gasteiger partial charge on any atom is 0.340 e. The van der Waals surface area contributed by atoms with Gasteiger partial charge in [-0.15, -0.1) is 11.8 Å². The molecule has 0 fully saturated rings. The van der Waals surface area contributed by atoms with Crippen LogP contribution in [0.3, 0.4) is 0 Å². The lowest BCUT2D eigenvalue weighted by Gasteiger charge is -2.09. The molecule has 1 aromatic heterocycles. The van der Waals surface area contributed by atoms with Crippen LogP contribution in [0.15, 0.2) is 51.8 Å². The number of carbonyl (C=O) groups excluding carboxylic acids is 1. The van der Waals surface area contributed by atoms with Crippen LogP contribution in [0.2, 0.25) is 0 Å². The molecule has 0 radical (unpaired) electrons. The lowest BCUT2D eigenvalue weighted by molar-refractivity contribution is 0.0527. The van der Waals surface area contributed by atoms with Gasteiger partial charge in [0.15, 0.2) is 0 Å². The summed E-state index contributed by atoms with van der Waals surface area (Å²) in [5.41, 5.74) is 2.51. The summed E-state index contributed by atoms with van der Waals surface area (Å²) in [6, 6.07) is 13.2. The maximum absolute atomic E-state index is 12.5. The van der Waals surface area contributed by atoms with Gasteiger partial charge >= 0.3 is 5.97 Å². The fourth-order valence-electron chi connectivity index (χ4n) is 2.80. The number of halogens is 1. The third kappa shape index (κ3) is 3.41. The molecule has 0 bridgehead atoms. The van der Waals surface area contributed by atoms with Crippen LogP contribution in [0, 0.1) is 0 Å². The second-order valence-corrected chi connectivity index (χ2v) is 7.31. The van der Waals surface area contributed by atoms with Crippen LogP contribution in [0.5, 0.6) is 5.75 Å². The number of rotatable bonds is 5. The topological polar surface area (TPSA) is 51.5 Å². The fourth-order valence-corrected chi connectivity index (χ4v) is 4.45. The van der Waals surface area contributed by atoms with Crippen molar-refractivity contribution < 1.29 is 14.6 Å². The largest absolute Gasteiger partial charge is 0.507 e. The molecule has 0 saturated carbocycles. The van der Waals surface area contributed by atoms with Gasteiger partial charge in [-0.05, 0) is 41.1 Å². The van der Waals surface area contributed by atoms with Gasteiger partial charge < -0.3 is 14.4 Å². The number of aryl methyl sites for hydroxylation is 1. The van der Waals surface area contributed by atoms with Crippen LogP contribution in [-0.2, 0) is 17.5 Å². The van der Waals surface area contributed by atoms with E-state index in [9.17, 15) is 9.90 Å². The van der Waals surface area contributed by atoms with E-state index in [0.717, 1.165) is 21.5 Å². The zero-order valence-electron chi connectivity index (χ0n) is 14.0. The number of aromatic hydroxyl groups is 1. The van der Waals surface area contributed by atoms with Crippen molar-refractivity contribution in [2.24, 2.45) is 7.05 Å². The summed E-state index contributed by atoms with van der Waals surface area (Å²) in [5.74, 6) is 0.485. The first kappa shape index (κ1) is 17.9. The van der Waals surface area contributed by atoms with Crippen LogP contribution in [0.1, 0.15) is 23.0 Å². The number of phenols is 1. The number of esters is 1. The van der Waals surface area contributed by atoms with Crippen LogP contribution in [-0.4, -0.2) is 22.2 Å². The molecule has 0 aliphatic heterocycles. The minimum absolute atomic E-state index is 0.202. The third-order valence-corrected chi connectivity index (χ3v) is 6.18. The molecule has 0 atom stereocenters. The van der Waals surface area contributed by atoms with Crippen molar-refractivity contribution in [1.82, 2.24) is 4.57 Å². The standard InChI is InChI=1S/C19H18BrNO3S/c1-3-24-19(23)17-12-7-4-5-8-13(12)21(2)14(17)11-25-16-10-6-9-15(22)18(16)20/h4-10,22H,3,11H2,1-2H3. The minimum atomic E-state index is -0.301. The Balaban J connectivity index is 2.03. The number of phenolic OH excluding ortho intramolecular Hbond substituents is 1. The van der Waals surface area contributed by atoms with E-state index in [0.29, 0.717) is 22.4 Å². The van der Waals surface area contributed by atoms with Gasteiger partial charge in [-0.3, -0.25) is 0 Å². The summed E-state index contributed by atoms with van der Waals surface area (Å²) in [5, 5.41) is 10.7. The molecule has 0 amide bonds. The number of para-hydroxylation sites is 1. The van der Waals surface area contributed by atoms with Crippen molar-refractivity contribution in [2.45, 2.75) is 17.6 Å². The molecule has 3 aromatic rings. The van der Waals surface area contributed by atoms with E-state index >= 15 is 0 Å². The van der Waals surface area contributed by atoms with Gasteiger partial charge in [-0.1, -0.05) is 24.3 Å². The molecule has 1 heterocycles. The van der Waals surface area contributed by atoms with Gasteiger partial charge in [0.1, 0.15) is 5.75 Å². The highest BCUT2D eigenvalue weighted by atomic mass is 79.9. The van der Waals surface area contributed by atoms with Gasteiger partial charge in [-0.25, -0.2) is 4.79 Å². The number of aromatic nitrogens is 1. The molecule has 3 rings (SSSR count). The number of carbonyl (C=O) groups is 1. The van der Waals surface area contributed by atoms with Gasteiger partial charge in [-0.2, -0.15) is 0 Å². The Morgan fingerprint density at radius 1 is 1.24 bits per heavy atom. The normalized spacial score (nSPS) is 11.0. The van der Waals surface area contributed by atoms with Gasteiger partial charge in [0.05, 0.1) is 16.6 Å². The second kappa shape index (κ2) is 7.54. The number of benzene rings is 2. The summed E-state index contributed by atoms with van der Waals surface area (Å²) >= 11 is 4.97. The summed E-state index contributed by atoms with van der Waals surface area (Å²) in [6.45, 7) is 2.15. The van der Waals surface area contributed by atoms with Crippen molar-refractivity contribution in [1.29, 1.82) is 0 Å². The number of hydrogen-bond acceptors (Lipinski definition) is 4. The van der Waals surface area contributed by atoms with Crippen molar-refractivity contribution in [3.05, 3.63) is 58.2 Å². The maximum atomic E-state index is 12.5. The monoisotopic (exact) mass is 419 g/mol. The zero-order chi connectivity index (χ0) is 18.0. The van der Waals surface area contributed by atoms with E-state index < -0.39 is 0 Å². The minimum Gasteiger partial charge on any atom is -0.507 e. The molecule has 0 unspecified atom stereocenters. The van der Waals surface area contributed by atoms with Crippen molar-refractivity contribution in [3.63, 3.8) is 0 Å². The number of hydrogen-bond donors (Lipinski definition) is 1. The van der Waals surface area contributed by atoms with E-state index in [1.54, 1.807) is 30.8 Å². The Labute approximate surface area is 158 Å². The second-order valence-electron chi connectivity index (χ2n) is 5.50. The molecule has 1 N–H and O–H groups in total. The van der Waals surface area contributed by atoms with E-state index in [2.05, 4.69) is 15.9 Å². The van der Waals surface area contributed by atoms with E-state index in [4.69, 9.17) is 4.74 Å².